The third kappa shape index (κ3) is 4.09. The van der Waals surface area contributed by atoms with Gasteiger partial charge in [0.25, 0.3) is 0 Å². The van der Waals surface area contributed by atoms with Gasteiger partial charge in [-0.15, -0.1) is 0 Å². The summed E-state index contributed by atoms with van der Waals surface area (Å²) in [7, 11) is 0. The summed E-state index contributed by atoms with van der Waals surface area (Å²) in [6.45, 7) is 5.60. The molecule has 0 fully saturated rings. The second kappa shape index (κ2) is 6.29. The molecule has 58 valence electrons. The molecule has 0 aliphatic carbocycles. The maximum atomic E-state index is 5.17. The Morgan fingerprint density at radius 3 is 2.90 bits per heavy atom. The Kier molecular flexibility index (Phi) is 5.77. The maximum absolute atomic E-state index is 5.17. The Balaban J connectivity index is 3.59. The molecule has 0 aromatic heterocycles. The van der Waals surface area contributed by atoms with Crippen LogP contribution in [0.1, 0.15) is 26.2 Å². The zero-order valence-corrected chi connectivity index (χ0v) is 6.43. The fourth-order valence-corrected chi connectivity index (χ4v) is 0.628. The van der Waals surface area contributed by atoms with Crippen LogP contribution < -0.4 is 11.3 Å². The lowest BCUT2D eigenvalue weighted by Gasteiger charge is -2.01. The first-order valence-corrected chi connectivity index (χ1v) is 3.49. The van der Waals surface area contributed by atoms with Crippen LogP contribution in [0.5, 0.6) is 0 Å². The molecule has 0 amide bonds. The molecule has 0 atom stereocenters. The van der Waals surface area contributed by atoms with Crippen LogP contribution >= 0.6 is 0 Å². The first kappa shape index (κ1) is 9.17. The second-order valence-electron chi connectivity index (χ2n) is 2.01. The molecule has 0 bridgehead atoms. The molecule has 3 heteroatoms. The predicted molar refractivity (Wildman–Crippen MR) is 44.5 cm³/mol. The van der Waals surface area contributed by atoms with Crippen molar-refractivity contribution >= 4 is 5.84 Å². The third-order valence-corrected chi connectivity index (χ3v) is 1.18. The van der Waals surface area contributed by atoms with Gasteiger partial charge in [-0.2, -0.15) is 0 Å². The largest absolute Gasteiger partial charge is 0.312 e. The average Bonchev–Trinajstić information content (AvgIpc) is 1.98. The lowest BCUT2D eigenvalue weighted by Crippen LogP contribution is -2.29. The molecule has 0 spiro atoms. The zero-order valence-electron chi connectivity index (χ0n) is 6.43. The molecule has 0 saturated carbocycles. The summed E-state index contributed by atoms with van der Waals surface area (Å²) in [4.78, 5) is 3.92. The molecule has 0 radical (unpaired) electrons. The summed E-state index contributed by atoms with van der Waals surface area (Å²) in [5.74, 6) is 5.97. The minimum absolute atomic E-state index is 0.803. The molecule has 3 N–H and O–H groups in total. The number of rotatable bonds is 4. The fraction of sp³-hybridized carbons (Fsp3) is 0.571. The Bertz CT molecular complexity index is 118. The van der Waals surface area contributed by atoms with E-state index in [1.165, 1.54) is 6.20 Å². The van der Waals surface area contributed by atoms with Gasteiger partial charge in [-0.25, -0.2) is 10.8 Å². The van der Waals surface area contributed by atoms with E-state index < -0.39 is 0 Å². The molecular weight excluding hydrogens is 126 g/mol. The van der Waals surface area contributed by atoms with E-state index in [-0.39, 0.29) is 0 Å². The summed E-state index contributed by atoms with van der Waals surface area (Å²) in [5.41, 5.74) is 2.52. The van der Waals surface area contributed by atoms with E-state index in [2.05, 4.69) is 23.9 Å². The molecule has 3 nitrogen and oxygen atoms in total. The number of hydrogen-bond acceptors (Lipinski definition) is 2. The quantitative estimate of drug-likeness (QED) is 0.267. The molecule has 0 aliphatic rings. The van der Waals surface area contributed by atoms with Gasteiger partial charge in [-0.3, -0.25) is 0 Å². The van der Waals surface area contributed by atoms with Gasteiger partial charge in [0.1, 0.15) is 5.84 Å². The van der Waals surface area contributed by atoms with Crippen molar-refractivity contribution in [3.63, 3.8) is 0 Å². The predicted octanol–water partition coefficient (Wildman–Crippen LogP) is 1.18. The summed E-state index contributed by atoms with van der Waals surface area (Å²) in [6, 6.07) is 0. The summed E-state index contributed by atoms with van der Waals surface area (Å²) in [5, 5.41) is 0. The van der Waals surface area contributed by atoms with Crippen molar-refractivity contribution in [3.8, 4) is 0 Å². The van der Waals surface area contributed by atoms with Crippen molar-refractivity contribution in [1.29, 1.82) is 0 Å². The number of hydrogen-bond donors (Lipinski definition) is 2. The fourth-order valence-electron chi connectivity index (χ4n) is 0.628. The number of nitrogens with two attached hydrogens (primary N) is 1. The van der Waals surface area contributed by atoms with Gasteiger partial charge in [0, 0.05) is 12.6 Å². The molecule has 10 heavy (non-hydrogen) atoms. The van der Waals surface area contributed by atoms with E-state index >= 15 is 0 Å². The average molecular weight is 141 g/mol. The van der Waals surface area contributed by atoms with Crippen LogP contribution in [0.3, 0.4) is 0 Å². The lowest BCUT2D eigenvalue weighted by atomic mass is 10.2. The highest BCUT2D eigenvalue weighted by Crippen LogP contribution is 1.94. The number of hydrazine groups is 1. The van der Waals surface area contributed by atoms with Crippen LogP contribution in [0.15, 0.2) is 17.8 Å². The number of nitrogens with one attached hydrogen (secondary N) is 1. The standard InChI is InChI=1S/C7H15N3/c1-3-5-6-7(10-8)9-4-2/h4H,2-3,5-6,8H2,1H3,(H,9,10). The Hall–Kier alpha value is -0.830. The van der Waals surface area contributed by atoms with E-state index in [1.54, 1.807) is 0 Å². The van der Waals surface area contributed by atoms with E-state index in [4.69, 9.17) is 5.84 Å². The minimum Gasteiger partial charge on any atom is -0.312 e. The van der Waals surface area contributed by atoms with Crippen molar-refractivity contribution in [2.24, 2.45) is 10.8 Å². The highest BCUT2D eigenvalue weighted by atomic mass is 15.2. The van der Waals surface area contributed by atoms with Crippen molar-refractivity contribution in [3.05, 3.63) is 12.8 Å². The highest BCUT2D eigenvalue weighted by Gasteiger charge is 1.91. The number of aliphatic imine (C=N–C) groups is 1. The molecule has 0 aliphatic heterocycles. The van der Waals surface area contributed by atoms with Gasteiger partial charge < -0.3 is 5.43 Å². The molecule has 0 rings (SSSR count). The normalized spacial score (nSPS) is 11.2. The van der Waals surface area contributed by atoms with Crippen molar-refractivity contribution in [1.82, 2.24) is 5.43 Å². The van der Waals surface area contributed by atoms with E-state index in [0.717, 1.165) is 25.1 Å². The Morgan fingerprint density at radius 2 is 2.50 bits per heavy atom. The van der Waals surface area contributed by atoms with Gasteiger partial charge in [0.2, 0.25) is 0 Å². The third-order valence-electron chi connectivity index (χ3n) is 1.18. The highest BCUT2D eigenvalue weighted by molar-refractivity contribution is 5.81. The van der Waals surface area contributed by atoms with Crippen LogP contribution in [0, 0.1) is 0 Å². The molecule has 0 aromatic carbocycles. The van der Waals surface area contributed by atoms with E-state index in [9.17, 15) is 0 Å². The van der Waals surface area contributed by atoms with Crippen molar-refractivity contribution in [2.45, 2.75) is 26.2 Å². The van der Waals surface area contributed by atoms with Gasteiger partial charge in [0.05, 0.1) is 0 Å². The topological polar surface area (TPSA) is 50.4 Å². The van der Waals surface area contributed by atoms with Gasteiger partial charge >= 0.3 is 0 Å². The van der Waals surface area contributed by atoms with Crippen LogP contribution in [0.25, 0.3) is 0 Å². The lowest BCUT2D eigenvalue weighted by molar-refractivity contribution is 0.808. The number of nitrogens with zero attached hydrogens (tertiary/aromatic N) is 1. The SMILES string of the molecule is C=CN=C(CCCC)NN. The van der Waals surface area contributed by atoms with Crippen molar-refractivity contribution in [2.75, 3.05) is 0 Å². The Morgan fingerprint density at radius 1 is 1.80 bits per heavy atom. The molecule has 0 saturated heterocycles. The minimum atomic E-state index is 0.803. The molecular formula is C7H15N3. The summed E-state index contributed by atoms with van der Waals surface area (Å²) < 4.78 is 0. The number of amidine groups is 1. The van der Waals surface area contributed by atoms with Gasteiger partial charge in [-0.05, 0) is 6.42 Å². The van der Waals surface area contributed by atoms with Crippen LogP contribution in [-0.4, -0.2) is 5.84 Å². The molecule has 0 heterocycles. The van der Waals surface area contributed by atoms with Crippen LogP contribution in [-0.2, 0) is 0 Å². The van der Waals surface area contributed by atoms with E-state index in [0.29, 0.717) is 0 Å². The first-order valence-electron chi connectivity index (χ1n) is 3.49. The van der Waals surface area contributed by atoms with Crippen LogP contribution in [0.2, 0.25) is 0 Å². The first-order chi connectivity index (χ1) is 4.85. The summed E-state index contributed by atoms with van der Waals surface area (Å²) in [6.07, 6.45) is 4.65. The summed E-state index contributed by atoms with van der Waals surface area (Å²) >= 11 is 0. The maximum Gasteiger partial charge on any atom is 0.115 e. The molecule has 0 aromatic rings. The van der Waals surface area contributed by atoms with Crippen molar-refractivity contribution < 1.29 is 0 Å². The van der Waals surface area contributed by atoms with Gasteiger partial charge in [0.15, 0.2) is 0 Å². The number of unbranched alkanes of at least 4 members (excludes halogenated alkanes) is 1. The monoisotopic (exact) mass is 141 g/mol. The zero-order chi connectivity index (χ0) is 7.82. The smallest absolute Gasteiger partial charge is 0.115 e. The molecule has 0 unspecified atom stereocenters. The Labute approximate surface area is 62.0 Å². The second-order valence-corrected chi connectivity index (χ2v) is 2.01. The van der Waals surface area contributed by atoms with E-state index in [1.807, 2.05) is 0 Å². The van der Waals surface area contributed by atoms with Crippen LogP contribution in [0.4, 0.5) is 0 Å². The van der Waals surface area contributed by atoms with Gasteiger partial charge in [-0.1, -0.05) is 19.9 Å².